The first-order valence-electron chi connectivity index (χ1n) is 16.7. The SMILES string of the molecule is CCCOCCOCCOCCOCCN(CCOCCOCCOCCOCCC=O)C(=O)CCOCCNC(=O)OC(C)(C)C. The van der Waals surface area contributed by atoms with Gasteiger partial charge in [-0.3, -0.25) is 4.79 Å². The Labute approximate surface area is 281 Å². The number of hydrogen-bond acceptors (Lipinski definition) is 13. The number of hydrogen-bond donors (Lipinski definition) is 1. The Morgan fingerprint density at radius 2 is 0.979 bits per heavy atom. The minimum absolute atomic E-state index is 0.0860. The fourth-order valence-electron chi connectivity index (χ4n) is 3.47. The van der Waals surface area contributed by atoms with Gasteiger partial charge in [-0.1, -0.05) is 6.92 Å². The molecule has 0 aliphatic heterocycles. The van der Waals surface area contributed by atoms with Crippen LogP contribution in [0.1, 0.15) is 47.0 Å². The molecule has 0 saturated carbocycles. The van der Waals surface area contributed by atoms with E-state index < -0.39 is 11.7 Å². The van der Waals surface area contributed by atoms with Crippen LogP contribution in [0.2, 0.25) is 0 Å². The summed E-state index contributed by atoms with van der Waals surface area (Å²) in [4.78, 5) is 36.5. The van der Waals surface area contributed by atoms with Crippen molar-refractivity contribution < 1.29 is 61.8 Å². The van der Waals surface area contributed by atoms with Crippen LogP contribution in [-0.2, 0) is 57.0 Å². The number of nitrogens with zero attached hydrogens (tertiary/aromatic N) is 1. The Morgan fingerprint density at radius 3 is 1.40 bits per heavy atom. The van der Waals surface area contributed by atoms with Crippen molar-refractivity contribution in [2.24, 2.45) is 0 Å². The summed E-state index contributed by atoms with van der Waals surface area (Å²) in [5.41, 5.74) is -0.572. The normalized spacial score (nSPS) is 11.5. The minimum Gasteiger partial charge on any atom is -0.444 e. The second kappa shape index (κ2) is 33.9. The average molecular weight is 683 g/mol. The van der Waals surface area contributed by atoms with Gasteiger partial charge < -0.3 is 62.4 Å². The predicted molar refractivity (Wildman–Crippen MR) is 174 cm³/mol. The Balaban J connectivity index is 4.17. The predicted octanol–water partition coefficient (Wildman–Crippen LogP) is 1.88. The van der Waals surface area contributed by atoms with Crippen LogP contribution in [0.4, 0.5) is 4.79 Å². The number of amides is 2. The highest BCUT2D eigenvalue weighted by molar-refractivity contribution is 5.76. The standard InChI is InChI=1S/C32H62N2O13/c1-5-12-38-18-22-43-26-28-45-24-20-41-16-9-34(30(36)7-14-40-15-8-33-31(37)47-32(2,3)4)10-17-42-21-25-46-29-27-44-23-19-39-13-6-11-35/h11H,5-10,12-29H2,1-4H3,(H,33,37). The lowest BCUT2D eigenvalue weighted by molar-refractivity contribution is -0.134. The van der Waals surface area contributed by atoms with E-state index in [2.05, 4.69) is 12.2 Å². The molecule has 0 aliphatic carbocycles. The van der Waals surface area contributed by atoms with Gasteiger partial charge in [-0.05, 0) is 27.2 Å². The third-order valence-electron chi connectivity index (χ3n) is 5.70. The Hall–Kier alpha value is -1.95. The van der Waals surface area contributed by atoms with Gasteiger partial charge in [0.25, 0.3) is 0 Å². The zero-order chi connectivity index (χ0) is 34.7. The molecule has 0 bridgehead atoms. The van der Waals surface area contributed by atoms with Gasteiger partial charge in [-0.2, -0.15) is 0 Å². The number of aldehydes is 1. The van der Waals surface area contributed by atoms with E-state index in [9.17, 15) is 14.4 Å². The van der Waals surface area contributed by atoms with Crippen molar-refractivity contribution in [3.05, 3.63) is 0 Å². The number of carbonyl (C=O) groups is 3. The van der Waals surface area contributed by atoms with Crippen molar-refractivity contribution in [3.8, 4) is 0 Å². The van der Waals surface area contributed by atoms with Gasteiger partial charge in [0.2, 0.25) is 5.91 Å². The van der Waals surface area contributed by atoms with E-state index in [4.69, 9.17) is 47.4 Å². The summed E-state index contributed by atoms with van der Waals surface area (Å²) in [5, 5.41) is 2.62. The molecule has 0 radical (unpaired) electrons. The Morgan fingerprint density at radius 1 is 0.574 bits per heavy atom. The molecule has 0 spiro atoms. The van der Waals surface area contributed by atoms with Crippen LogP contribution in [0.25, 0.3) is 0 Å². The summed E-state index contributed by atoms with van der Waals surface area (Å²) in [6, 6.07) is 0. The molecule has 0 fully saturated rings. The van der Waals surface area contributed by atoms with E-state index in [1.54, 1.807) is 25.7 Å². The molecule has 0 rings (SSSR count). The van der Waals surface area contributed by atoms with Gasteiger partial charge in [0.15, 0.2) is 0 Å². The molecule has 1 N–H and O–H groups in total. The van der Waals surface area contributed by atoms with Crippen LogP contribution in [0.15, 0.2) is 0 Å². The van der Waals surface area contributed by atoms with E-state index >= 15 is 0 Å². The fourth-order valence-corrected chi connectivity index (χ4v) is 3.47. The first-order chi connectivity index (χ1) is 22.8. The Kier molecular flexibility index (Phi) is 32.5. The smallest absolute Gasteiger partial charge is 0.407 e. The van der Waals surface area contributed by atoms with E-state index in [0.29, 0.717) is 119 Å². The van der Waals surface area contributed by atoms with Gasteiger partial charge in [0, 0.05) is 32.7 Å². The third kappa shape index (κ3) is 35.2. The topological polar surface area (TPSA) is 159 Å². The van der Waals surface area contributed by atoms with Crippen molar-refractivity contribution in [1.29, 1.82) is 0 Å². The van der Waals surface area contributed by atoms with Gasteiger partial charge in [0.05, 0.1) is 119 Å². The van der Waals surface area contributed by atoms with Crippen molar-refractivity contribution in [1.82, 2.24) is 10.2 Å². The van der Waals surface area contributed by atoms with Gasteiger partial charge in [0.1, 0.15) is 11.9 Å². The number of carbonyl (C=O) groups excluding carboxylic acids is 3. The second-order valence-corrected chi connectivity index (χ2v) is 11.0. The molecule has 0 atom stereocenters. The number of nitrogens with one attached hydrogen (secondary N) is 1. The molecular weight excluding hydrogens is 620 g/mol. The highest BCUT2D eigenvalue weighted by atomic mass is 16.6. The van der Waals surface area contributed by atoms with Crippen molar-refractivity contribution in [3.63, 3.8) is 0 Å². The monoisotopic (exact) mass is 682 g/mol. The van der Waals surface area contributed by atoms with Crippen LogP contribution < -0.4 is 5.32 Å². The summed E-state index contributed by atoms with van der Waals surface area (Å²) in [5.74, 6) is -0.0860. The van der Waals surface area contributed by atoms with Crippen LogP contribution >= 0.6 is 0 Å². The molecule has 0 unspecified atom stereocenters. The van der Waals surface area contributed by atoms with Crippen molar-refractivity contribution >= 4 is 18.3 Å². The highest BCUT2D eigenvalue weighted by Crippen LogP contribution is 2.06. The van der Waals surface area contributed by atoms with Crippen molar-refractivity contribution in [2.75, 3.05) is 139 Å². The lowest BCUT2D eigenvalue weighted by Gasteiger charge is -2.23. The molecule has 0 heterocycles. The molecule has 47 heavy (non-hydrogen) atoms. The van der Waals surface area contributed by atoms with E-state index in [-0.39, 0.29) is 32.1 Å². The maximum absolute atomic E-state index is 12.9. The quantitative estimate of drug-likeness (QED) is 0.0764. The number of rotatable bonds is 35. The molecule has 15 nitrogen and oxygen atoms in total. The molecule has 278 valence electrons. The number of ether oxygens (including phenoxy) is 10. The minimum atomic E-state index is -0.572. The average Bonchev–Trinajstić information content (AvgIpc) is 3.03. The first kappa shape index (κ1) is 45.0. The lowest BCUT2D eigenvalue weighted by Crippen LogP contribution is -2.37. The van der Waals surface area contributed by atoms with Crippen LogP contribution in [0.5, 0.6) is 0 Å². The van der Waals surface area contributed by atoms with Gasteiger partial charge in [-0.15, -0.1) is 0 Å². The molecule has 0 aromatic carbocycles. The Bertz CT molecular complexity index is 726. The summed E-state index contributed by atoms with van der Waals surface area (Å²) >= 11 is 0. The van der Waals surface area contributed by atoms with Gasteiger partial charge >= 0.3 is 6.09 Å². The highest BCUT2D eigenvalue weighted by Gasteiger charge is 2.16. The summed E-state index contributed by atoms with van der Waals surface area (Å²) in [6.07, 6.45) is 1.87. The second-order valence-electron chi connectivity index (χ2n) is 11.0. The van der Waals surface area contributed by atoms with Crippen molar-refractivity contribution in [2.45, 2.75) is 52.6 Å². The van der Waals surface area contributed by atoms with E-state index in [0.717, 1.165) is 19.3 Å². The maximum Gasteiger partial charge on any atom is 0.407 e. The molecule has 15 heteroatoms. The van der Waals surface area contributed by atoms with Crippen LogP contribution in [-0.4, -0.2) is 167 Å². The zero-order valence-electron chi connectivity index (χ0n) is 29.3. The summed E-state index contributed by atoms with van der Waals surface area (Å²) < 4.78 is 54.5. The lowest BCUT2D eigenvalue weighted by atomic mass is 10.2. The molecule has 2 amide bonds. The summed E-state index contributed by atoms with van der Waals surface area (Å²) in [7, 11) is 0. The van der Waals surface area contributed by atoms with E-state index in [1.807, 2.05) is 0 Å². The first-order valence-corrected chi connectivity index (χ1v) is 16.7. The fraction of sp³-hybridized carbons (Fsp3) is 0.906. The van der Waals surface area contributed by atoms with Crippen LogP contribution in [0, 0.1) is 0 Å². The maximum atomic E-state index is 12.9. The molecule has 0 aromatic heterocycles. The largest absolute Gasteiger partial charge is 0.444 e. The third-order valence-corrected chi connectivity index (χ3v) is 5.70. The van der Waals surface area contributed by atoms with E-state index in [1.165, 1.54) is 0 Å². The number of alkyl carbamates (subject to hydrolysis) is 1. The molecule has 0 aromatic rings. The summed E-state index contributed by atoms with van der Waals surface area (Å²) in [6.45, 7) is 16.3. The van der Waals surface area contributed by atoms with Crippen LogP contribution in [0.3, 0.4) is 0 Å². The zero-order valence-corrected chi connectivity index (χ0v) is 29.3. The van der Waals surface area contributed by atoms with Gasteiger partial charge in [-0.25, -0.2) is 4.79 Å². The molecule has 0 aliphatic rings. The molecule has 0 saturated heterocycles. The molecular formula is C32H62N2O13.